The van der Waals surface area contributed by atoms with Crippen LogP contribution in [-0.2, 0) is 6.42 Å². The monoisotopic (exact) mass is 288 g/mol. The van der Waals surface area contributed by atoms with Crippen molar-refractivity contribution in [1.29, 1.82) is 0 Å². The van der Waals surface area contributed by atoms with E-state index in [4.69, 9.17) is 5.73 Å². The highest BCUT2D eigenvalue weighted by Gasteiger charge is 2.29. The lowest BCUT2D eigenvalue weighted by molar-refractivity contribution is 0.297. The summed E-state index contributed by atoms with van der Waals surface area (Å²) < 4.78 is 0. The van der Waals surface area contributed by atoms with Gasteiger partial charge in [0.2, 0.25) is 0 Å². The molecule has 4 atom stereocenters. The third-order valence-corrected chi connectivity index (χ3v) is 5.19. The normalized spacial score (nSPS) is 27.7. The van der Waals surface area contributed by atoms with E-state index >= 15 is 0 Å². The van der Waals surface area contributed by atoms with Crippen LogP contribution in [0.5, 0.6) is 0 Å². The average molecular weight is 288 g/mol. The first-order valence-corrected chi connectivity index (χ1v) is 8.54. The Labute approximate surface area is 130 Å². The highest BCUT2D eigenvalue weighted by atomic mass is 15.2. The van der Waals surface area contributed by atoms with E-state index in [0.717, 1.165) is 24.7 Å². The van der Waals surface area contributed by atoms with Crippen LogP contribution < -0.4 is 10.6 Å². The van der Waals surface area contributed by atoms with Crippen molar-refractivity contribution in [3.63, 3.8) is 0 Å². The molecule has 0 radical (unpaired) electrons. The minimum atomic E-state index is 0.282. The van der Waals surface area contributed by atoms with Gasteiger partial charge in [0.15, 0.2) is 0 Å². The number of benzene rings is 1. The molecule has 21 heavy (non-hydrogen) atoms. The summed E-state index contributed by atoms with van der Waals surface area (Å²) in [5, 5.41) is 0. The van der Waals surface area contributed by atoms with E-state index < -0.39 is 0 Å². The van der Waals surface area contributed by atoms with E-state index in [1.807, 2.05) is 0 Å². The first-order valence-electron chi connectivity index (χ1n) is 8.54. The maximum absolute atomic E-state index is 6.08. The predicted molar refractivity (Wildman–Crippen MR) is 92.9 cm³/mol. The summed E-state index contributed by atoms with van der Waals surface area (Å²) in [6, 6.07) is 7.83. The zero-order valence-corrected chi connectivity index (χ0v) is 14.4. The zero-order valence-electron chi connectivity index (χ0n) is 14.4. The minimum Gasteiger partial charge on any atom is -0.368 e. The molecule has 1 heterocycles. The Kier molecular flexibility index (Phi) is 5.32. The summed E-state index contributed by atoms with van der Waals surface area (Å²) in [7, 11) is 0. The number of nitrogens with zero attached hydrogens (tertiary/aromatic N) is 1. The smallest absolute Gasteiger partial charge is 0.0398 e. The lowest BCUT2D eigenvalue weighted by Gasteiger charge is -2.43. The standard InChI is InChI=1S/C19H32N2/c1-6-18(20)11-17-7-8-19(15(4)10-17)21-12-13(2)9-14(3)16(21)5/h7-8,10,13-14,16,18H,6,9,11-12,20H2,1-5H3. The lowest BCUT2D eigenvalue weighted by atomic mass is 9.85. The molecule has 1 aromatic carbocycles. The summed E-state index contributed by atoms with van der Waals surface area (Å²) in [6.07, 6.45) is 3.37. The summed E-state index contributed by atoms with van der Waals surface area (Å²) in [5.74, 6) is 1.55. The van der Waals surface area contributed by atoms with E-state index in [0.29, 0.717) is 6.04 Å². The Hall–Kier alpha value is -1.02. The highest BCUT2D eigenvalue weighted by molar-refractivity contribution is 5.55. The molecule has 2 rings (SSSR count). The Morgan fingerprint density at radius 2 is 2.00 bits per heavy atom. The average Bonchev–Trinajstić information content (AvgIpc) is 2.43. The second kappa shape index (κ2) is 6.83. The molecule has 0 aliphatic carbocycles. The van der Waals surface area contributed by atoms with Crippen LogP contribution >= 0.6 is 0 Å². The van der Waals surface area contributed by atoms with Crippen molar-refractivity contribution in [2.45, 2.75) is 66.0 Å². The minimum absolute atomic E-state index is 0.282. The number of hydrogen-bond donors (Lipinski definition) is 1. The molecule has 118 valence electrons. The molecular weight excluding hydrogens is 256 g/mol. The number of rotatable bonds is 4. The van der Waals surface area contributed by atoms with Gasteiger partial charge in [0.25, 0.3) is 0 Å². The fourth-order valence-corrected chi connectivity index (χ4v) is 3.65. The van der Waals surface area contributed by atoms with Crippen molar-refractivity contribution in [3.05, 3.63) is 29.3 Å². The highest BCUT2D eigenvalue weighted by Crippen LogP contribution is 2.33. The molecule has 0 aromatic heterocycles. The predicted octanol–water partition coefficient (Wildman–Crippen LogP) is 4.15. The summed E-state index contributed by atoms with van der Waals surface area (Å²) in [4.78, 5) is 2.61. The van der Waals surface area contributed by atoms with Crippen LogP contribution in [0.3, 0.4) is 0 Å². The molecule has 0 spiro atoms. The van der Waals surface area contributed by atoms with Crippen molar-refractivity contribution in [2.75, 3.05) is 11.4 Å². The summed E-state index contributed by atoms with van der Waals surface area (Å²) >= 11 is 0. The van der Waals surface area contributed by atoms with E-state index in [1.165, 1.54) is 29.8 Å². The number of aryl methyl sites for hydroxylation is 1. The largest absolute Gasteiger partial charge is 0.368 e. The molecule has 2 heteroatoms. The van der Waals surface area contributed by atoms with Gasteiger partial charge in [0.05, 0.1) is 0 Å². The van der Waals surface area contributed by atoms with Gasteiger partial charge in [-0.2, -0.15) is 0 Å². The maximum atomic E-state index is 6.08. The van der Waals surface area contributed by atoms with Gasteiger partial charge in [-0.15, -0.1) is 0 Å². The molecule has 1 aliphatic rings. The van der Waals surface area contributed by atoms with Crippen molar-refractivity contribution >= 4 is 5.69 Å². The van der Waals surface area contributed by atoms with Gasteiger partial charge >= 0.3 is 0 Å². The van der Waals surface area contributed by atoms with E-state index in [9.17, 15) is 0 Å². The molecule has 0 amide bonds. The topological polar surface area (TPSA) is 29.3 Å². The van der Waals surface area contributed by atoms with Crippen LogP contribution in [0, 0.1) is 18.8 Å². The molecule has 0 saturated carbocycles. The number of nitrogens with two attached hydrogens (primary N) is 1. The van der Waals surface area contributed by atoms with Gasteiger partial charge in [-0.05, 0) is 62.1 Å². The van der Waals surface area contributed by atoms with Crippen LogP contribution in [0.15, 0.2) is 18.2 Å². The Balaban J connectivity index is 2.20. The van der Waals surface area contributed by atoms with Crippen molar-refractivity contribution in [1.82, 2.24) is 0 Å². The van der Waals surface area contributed by atoms with Gasteiger partial charge in [0, 0.05) is 24.3 Å². The summed E-state index contributed by atoms with van der Waals surface area (Å²) in [5.41, 5.74) is 10.3. The van der Waals surface area contributed by atoms with Crippen LogP contribution in [0.2, 0.25) is 0 Å². The lowest BCUT2D eigenvalue weighted by Crippen LogP contribution is -2.46. The number of piperidine rings is 1. The van der Waals surface area contributed by atoms with E-state index in [1.54, 1.807) is 0 Å². The molecule has 2 N–H and O–H groups in total. The first-order chi connectivity index (χ1) is 9.92. The first kappa shape index (κ1) is 16.4. The van der Waals surface area contributed by atoms with Crippen molar-refractivity contribution in [2.24, 2.45) is 17.6 Å². The van der Waals surface area contributed by atoms with Crippen LogP contribution in [0.4, 0.5) is 5.69 Å². The van der Waals surface area contributed by atoms with Gasteiger partial charge in [-0.3, -0.25) is 0 Å². The van der Waals surface area contributed by atoms with Gasteiger partial charge in [-0.1, -0.05) is 32.9 Å². The SMILES string of the molecule is CCC(N)Cc1ccc(N2CC(C)CC(C)C2C)c(C)c1. The zero-order chi connectivity index (χ0) is 15.6. The maximum Gasteiger partial charge on any atom is 0.0398 e. The number of anilines is 1. The molecule has 2 nitrogen and oxygen atoms in total. The fourth-order valence-electron chi connectivity index (χ4n) is 3.65. The molecule has 1 saturated heterocycles. The second-order valence-electron chi connectivity index (χ2n) is 7.20. The molecule has 0 bridgehead atoms. The van der Waals surface area contributed by atoms with Crippen LogP contribution in [-0.4, -0.2) is 18.6 Å². The van der Waals surface area contributed by atoms with Gasteiger partial charge < -0.3 is 10.6 Å². The second-order valence-corrected chi connectivity index (χ2v) is 7.20. The van der Waals surface area contributed by atoms with Crippen molar-refractivity contribution < 1.29 is 0 Å². The molecule has 1 aliphatic heterocycles. The fraction of sp³-hybridized carbons (Fsp3) is 0.684. The Bertz CT molecular complexity index is 469. The molecular formula is C19H32N2. The Morgan fingerprint density at radius 3 is 2.62 bits per heavy atom. The third-order valence-electron chi connectivity index (χ3n) is 5.19. The van der Waals surface area contributed by atoms with E-state index in [2.05, 4.69) is 57.7 Å². The van der Waals surface area contributed by atoms with Gasteiger partial charge in [0.1, 0.15) is 0 Å². The molecule has 1 aromatic rings. The summed E-state index contributed by atoms with van der Waals surface area (Å²) in [6.45, 7) is 12.7. The molecule has 4 unspecified atom stereocenters. The molecule has 1 fully saturated rings. The number of hydrogen-bond acceptors (Lipinski definition) is 2. The van der Waals surface area contributed by atoms with E-state index in [-0.39, 0.29) is 6.04 Å². The van der Waals surface area contributed by atoms with Gasteiger partial charge in [-0.25, -0.2) is 0 Å². The Morgan fingerprint density at radius 1 is 1.29 bits per heavy atom. The van der Waals surface area contributed by atoms with Crippen LogP contribution in [0.25, 0.3) is 0 Å². The quantitative estimate of drug-likeness (QED) is 0.902. The van der Waals surface area contributed by atoms with Crippen LogP contribution in [0.1, 0.15) is 51.7 Å². The third kappa shape index (κ3) is 3.79. The van der Waals surface area contributed by atoms with Crippen molar-refractivity contribution in [3.8, 4) is 0 Å².